The van der Waals surface area contributed by atoms with E-state index < -0.39 is 65.0 Å². The van der Waals surface area contributed by atoms with Gasteiger partial charge < -0.3 is 29.2 Å². The molecule has 33 heavy (non-hydrogen) atoms. The van der Waals surface area contributed by atoms with Crippen molar-refractivity contribution in [1.29, 1.82) is 0 Å². The molecule has 0 fully saturated rings. The van der Waals surface area contributed by atoms with Crippen LogP contribution >= 0.6 is 0 Å². The second kappa shape index (κ2) is 12.5. The zero-order chi connectivity index (χ0) is 26.0. The van der Waals surface area contributed by atoms with Gasteiger partial charge in [0.15, 0.2) is 6.10 Å². The SMILES string of the molecule is CCC(CC(=O)O)(CC(C)(CC(C)(C)C(=O)OC)C(=O)OCCOC(=O)C(C)OC)C(=O)O. The van der Waals surface area contributed by atoms with Crippen molar-refractivity contribution in [1.82, 2.24) is 0 Å². The van der Waals surface area contributed by atoms with Gasteiger partial charge >= 0.3 is 29.8 Å². The molecule has 0 aromatic heterocycles. The Morgan fingerprint density at radius 3 is 1.85 bits per heavy atom. The molecule has 0 heterocycles. The first-order valence-electron chi connectivity index (χ1n) is 10.5. The van der Waals surface area contributed by atoms with Crippen molar-refractivity contribution < 1.29 is 53.1 Å². The van der Waals surface area contributed by atoms with Crippen molar-refractivity contribution in [3.63, 3.8) is 0 Å². The molecular formula is C22H36O11. The summed E-state index contributed by atoms with van der Waals surface area (Å²) >= 11 is 0. The number of carbonyl (C=O) groups excluding carboxylic acids is 3. The first-order valence-corrected chi connectivity index (χ1v) is 10.5. The molecule has 0 saturated carbocycles. The fourth-order valence-corrected chi connectivity index (χ4v) is 3.85. The normalized spacial score (nSPS) is 16.0. The zero-order valence-corrected chi connectivity index (χ0v) is 20.4. The predicted octanol–water partition coefficient (Wildman–Crippen LogP) is 2.05. The van der Waals surface area contributed by atoms with Crippen LogP contribution in [0.5, 0.6) is 0 Å². The lowest BCUT2D eigenvalue weighted by molar-refractivity contribution is -0.172. The fraction of sp³-hybridized carbons (Fsp3) is 0.773. The highest BCUT2D eigenvalue weighted by molar-refractivity contribution is 5.84. The smallest absolute Gasteiger partial charge is 0.335 e. The Bertz CT molecular complexity index is 730. The van der Waals surface area contributed by atoms with Gasteiger partial charge in [-0.1, -0.05) is 6.92 Å². The van der Waals surface area contributed by atoms with E-state index >= 15 is 0 Å². The van der Waals surface area contributed by atoms with Gasteiger partial charge in [-0.15, -0.1) is 0 Å². The van der Waals surface area contributed by atoms with Crippen LogP contribution in [0.15, 0.2) is 0 Å². The van der Waals surface area contributed by atoms with Gasteiger partial charge in [-0.05, 0) is 47.0 Å². The summed E-state index contributed by atoms with van der Waals surface area (Å²) in [6, 6.07) is 0. The van der Waals surface area contributed by atoms with Gasteiger partial charge in [0.1, 0.15) is 13.2 Å². The number of carboxylic acids is 2. The standard InChI is InChI=1S/C22H36O11/c1-8-22(17(26)27,11-15(23)24)13-21(5,12-20(3,4)18(28)31-7)19(29)33-10-9-32-16(25)14(2)30-6/h14H,8-13H2,1-7H3,(H,23,24)(H,26,27). The highest BCUT2D eigenvalue weighted by Gasteiger charge is 2.51. The Kier molecular flexibility index (Phi) is 11.5. The van der Waals surface area contributed by atoms with Crippen LogP contribution in [0.1, 0.15) is 60.3 Å². The molecule has 3 unspecified atom stereocenters. The number of carbonyl (C=O) groups is 5. The van der Waals surface area contributed by atoms with Crippen molar-refractivity contribution in [2.24, 2.45) is 16.2 Å². The molecule has 0 amide bonds. The van der Waals surface area contributed by atoms with E-state index in [1.807, 2.05) is 0 Å². The Morgan fingerprint density at radius 2 is 1.42 bits per heavy atom. The lowest BCUT2D eigenvalue weighted by atomic mass is 9.63. The van der Waals surface area contributed by atoms with Crippen LogP contribution < -0.4 is 0 Å². The molecule has 0 saturated heterocycles. The lowest BCUT2D eigenvalue weighted by Crippen LogP contribution is -2.45. The van der Waals surface area contributed by atoms with E-state index in [1.165, 1.54) is 48.8 Å². The third kappa shape index (κ3) is 8.64. The van der Waals surface area contributed by atoms with Crippen LogP contribution in [0.2, 0.25) is 0 Å². The molecule has 3 atom stereocenters. The number of esters is 3. The van der Waals surface area contributed by atoms with Gasteiger partial charge in [0, 0.05) is 7.11 Å². The molecule has 0 aliphatic heterocycles. The van der Waals surface area contributed by atoms with Crippen molar-refractivity contribution in [2.45, 2.75) is 66.4 Å². The molecule has 190 valence electrons. The summed E-state index contributed by atoms with van der Waals surface area (Å²) < 4.78 is 19.8. The maximum atomic E-state index is 13.1. The lowest BCUT2D eigenvalue weighted by Gasteiger charge is -2.39. The van der Waals surface area contributed by atoms with E-state index in [-0.39, 0.29) is 26.1 Å². The van der Waals surface area contributed by atoms with Crippen molar-refractivity contribution in [2.75, 3.05) is 27.4 Å². The summed E-state index contributed by atoms with van der Waals surface area (Å²) in [7, 11) is 2.52. The van der Waals surface area contributed by atoms with Gasteiger partial charge in [0.2, 0.25) is 0 Å². The third-order valence-electron chi connectivity index (χ3n) is 5.66. The quantitative estimate of drug-likeness (QED) is 0.202. The molecule has 0 spiro atoms. The zero-order valence-electron chi connectivity index (χ0n) is 20.4. The highest BCUT2D eigenvalue weighted by atomic mass is 16.6. The summed E-state index contributed by atoms with van der Waals surface area (Å²) in [6.45, 7) is 6.91. The van der Waals surface area contributed by atoms with E-state index in [1.54, 1.807) is 0 Å². The van der Waals surface area contributed by atoms with Gasteiger partial charge in [-0.25, -0.2) is 4.79 Å². The summed E-state index contributed by atoms with van der Waals surface area (Å²) in [6.07, 6.45) is -2.14. The molecule has 0 aliphatic carbocycles. The van der Waals surface area contributed by atoms with E-state index in [0.717, 1.165) is 0 Å². The van der Waals surface area contributed by atoms with Gasteiger partial charge in [0.05, 0.1) is 29.8 Å². The minimum absolute atomic E-state index is 0.0668. The second-order valence-corrected chi connectivity index (χ2v) is 8.98. The minimum atomic E-state index is -1.77. The van der Waals surface area contributed by atoms with E-state index in [4.69, 9.17) is 18.9 Å². The molecule has 0 rings (SSSR count). The molecular weight excluding hydrogens is 440 g/mol. The Hall–Kier alpha value is -2.69. The summed E-state index contributed by atoms with van der Waals surface area (Å²) in [5.41, 5.74) is -4.54. The second-order valence-electron chi connectivity index (χ2n) is 8.98. The van der Waals surface area contributed by atoms with Crippen molar-refractivity contribution in [3.8, 4) is 0 Å². The first-order chi connectivity index (χ1) is 15.1. The number of hydrogen-bond donors (Lipinski definition) is 2. The average molecular weight is 477 g/mol. The number of hydrogen-bond acceptors (Lipinski definition) is 9. The van der Waals surface area contributed by atoms with Crippen LogP contribution in [0.4, 0.5) is 0 Å². The number of rotatable bonds is 15. The molecule has 0 radical (unpaired) electrons. The van der Waals surface area contributed by atoms with Crippen LogP contribution in [0.25, 0.3) is 0 Å². The minimum Gasteiger partial charge on any atom is -0.481 e. The Labute approximate surface area is 193 Å². The molecule has 0 bridgehead atoms. The topological polar surface area (TPSA) is 163 Å². The fourth-order valence-electron chi connectivity index (χ4n) is 3.85. The molecule has 11 nitrogen and oxygen atoms in total. The van der Waals surface area contributed by atoms with E-state index in [9.17, 15) is 34.2 Å². The average Bonchev–Trinajstić information content (AvgIpc) is 2.73. The Balaban J connectivity index is 5.85. The van der Waals surface area contributed by atoms with E-state index in [0.29, 0.717) is 0 Å². The maximum absolute atomic E-state index is 13.1. The molecule has 11 heteroatoms. The molecule has 0 aromatic rings. The maximum Gasteiger partial charge on any atom is 0.335 e. The number of methoxy groups -OCH3 is 2. The highest BCUT2D eigenvalue weighted by Crippen LogP contribution is 2.47. The van der Waals surface area contributed by atoms with Gasteiger partial charge in [-0.3, -0.25) is 19.2 Å². The predicted molar refractivity (Wildman–Crippen MR) is 114 cm³/mol. The summed E-state index contributed by atoms with van der Waals surface area (Å²) in [4.78, 5) is 60.5. The van der Waals surface area contributed by atoms with Crippen LogP contribution in [0.3, 0.4) is 0 Å². The molecule has 0 aliphatic rings. The summed E-state index contributed by atoms with van der Waals surface area (Å²) in [5, 5.41) is 19.1. The summed E-state index contributed by atoms with van der Waals surface area (Å²) in [5.74, 6) is -4.83. The van der Waals surface area contributed by atoms with Crippen molar-refractivity contribution in [3.05, 3.63) is 0 Å². The number of carboxylic acid groups (broad SMARTS) is 2. The molecule has 0 aromatic carbocycles. The largest absolute Gasteiger partial charge is 0.481 e. The monoisotopic (exact) mass is 476 g/mol. The van der Waals surface area contributed by atoms with E-state index in [2.05, 4.69) is 0 Å². The van der Waals surface area contributed by atoms with Crippen LogP contribution in [-0.4, -0.2) is 73.6 Å². The van der Waals surface area contributed by atoms with Gasteiger partial charge in [0.25, 0.3) is 0 Å². The number of ether oxygens (including phenoxy) is 4. The van der Waals surface area contributed by atoms with Gasteiger partial charge in [-0.2, -0.15) is 0 Å². The number of aliphatic carboxylic acids is 2. The van der Waals surface area contributed by atoms with Crippen LogP contribution in [0, 0.1) is 16.2 Å². The first kappa shape index (κ1) is 30.3. The third-order valence-corrected chi connectivity index (χ3v) is 5.66. The van der Waals surface area contributed by atoms with Crippen molar-refractivity contribution >= 4 is 29.8 Å². The van der Waals surface area contributed by atoms with Crippen LogP contribution in [-0.2, 0) is 42.9 Å². The Morgan fingerprint density at radius 1 is 0.879 bits per heavy atom. The molecule has 2 N–H and O–H groups in total.